The van der Waals surface area contributed by atoms with Gasteiger partial charge in [-0.05, 0) is 18.2 Å². The summed E-state index contributed by atoms with van der Waals surface area (Å²) >= 11 is 0. The number of nitrogens with two attached hydrogens (primary N) is 2. The first-order valence-electron chi connectivity index (χ1n) is 6.07. The van der Waals surface area contributed by atoms with Gasteiger partial charge in [-0.15, -0.1) is 0 Å². The smallest absolute Gasteiger partial charge is 0.383 e. The van der Waals surface area contributed by atoms with Gasteiger partial charge >= 0.3 is 6.18 Å². The maximum absolute atomic E-state index is 12.8. The highest BCUT2D eigenvalue weighted by molar-refractivity contribution is 6.03. The van der Waals surface area contributed by atoms with Gasteiger partial charge in [-0.3, -0.25) is 5.73 Å². The minimum absolute atomic E-state index is 0.157. The molecule has 21 heavy (non-hydrogen) atoms. The van der Waals surface area contributed by atoms with Crippen molar-refractivity contribution < 1.29 is 13.2 Å². The minimum Gasteiger partial charge on any atom is -0.383 e. The topological polar surface area (TPSA) is 92.2 Å². The van der Waals surface area contributed by atoms with Crippen LogP contribution in [0.1, 0.15) is 16.7 Å². The molecule has 0 radical (unpaired) electrons. The van der Waals surface area contributed by atoms with Crippen molar-refractivity contribution in [3.05, 3.63) is 53.2 Å². The second kappa shape index (κ2) is 4.26. The van der Waals surface area contributed by atoms with Gasteiger partial charge < -0.3 is 16.0 Å². The molecule has 1 unspecified atom stereocenters. The lowest BCUT2D eigenvalue weighted by Gasteiger charge is -2.32. The molecule has 0 fully saturated rings. The van der Waals surface area contributed by atoms with Crippen LogP contribution in [0.25, 0.3) is 0 Å². The van der Waals surface area contributed by atoms with Crippen LogP contribution in [0, 0.1) is 0 Å². The van der Waals surface area contributed by atoms with Crippen molar-refractivity contribution in [2.45, 2.75) is 12.0 Å². The third kappa shape index (κ3) is 2.23. The van der Waals surface area contributed by atoms with Crippen molar-refractivity contribution in [2.24, 2.45) is 16.5 Å². The molecule has 8 heteroatoms. The summed E-state index contributed by atoms with van der Waals surface area (Å²) in [6, 6.07) is 6.38. The summed E-state index contributed by atoms with van der Waals surface area (Å²) < 4.78 is 38.4. The Morgan fingerprint density at radius 2 is 1.95 bits per heavy atom. The van der Waals surface area contributed by atoms with E-state index < -0.39 is 17.5 Å². The molecule has 1 aliphatic rings. The first kappa shape index (κ1) is 13.5. The molecule has 0 spiro atoms. The van der Waals surface area contributed by atoms with Crippen LogP contribution in [-0.2, 0) is 12.0 Å². The van der Waals surface area contributed by atoms with Gasteiger partial charge in [-0.25, -0.2) is 4.99 Å². The fourth-order valence-corrected chi connectivity index (χ4v) is 2.22. The van der Waals surface area contributed by atoms with Crippen LogP contribution in [-0.4, -0.2) is 10.8 Å². The summed E-state index contributed by atoms with van der Waals surface area (Å²) in [4.78, 5) is 6.98. The number of aromatic nitrogens is 1. The standard InChI is InChI=1S/C13H12F3N5/c14-12(15,16)7-2-1-3-8(6-7)13(18)20-10(17)9-4-5-19-11(9)21-13/h1-6,19,21H,18H2,(H2,17,20). The molecule has 5 nitrogen and oxygen atoms in total. The molecule has 2 heterocycles. The molecule has 0 saturated heterocycles. The molecule has 1 atom stereocenters. The van der Waals surface area contributed by atoms with E-state index in [1.165, 1.54) is 12.1 Å². The van der Waals surface area contributed by atoms with Crippen molar-refractivity contribution in [2.75, 3.05) is 5.32 Å². The molecule has 1 aromatic heterocycles. The second-order valence-corrected chi connectivity index (χ2v) is 4.73. The number of amidine groups is 1. The minimum atomic E-state index is -4.45. The maximum Gasteiger partial charge on any atom is 0.416 e. The first-order valence-corrected chi connectivity index (χ1v) is 6.07. The number of H-pyrrole nitrogens is 1. The lowest BCUT2D eigenvalue weighted by Crippen LogP contribution is -2.47. The van der Waals surface area contributed by atoms with E-state index in [0.29, 0.717) is 11.4 Å². The Bertz CT molecular complexity index is 719. The summed E-state index contributed by atoms with van der Waals surface area (Å²) in [5.74, 6) is -0.879. The monoisotopic (exact) mass is 295 g/mol. The van der Waals surface area contributed by atoms with Crippen molar-refractivity contribution >= 4 is 11.7 Å². The van der Waals surface area contributed by atoms with Gasteiger partial charge in [0.1, 0.15) is 11.7 Å². The number of hydrogen-bond acceptors (Lipinski definition) is 4. The zero-order chi connectivity index (χ0) is 15.3. The van der Waals surface area contributed by atoms with E-state index in [4.69, 9.17) is 11.5 Å². The maximum atomic E-state index is 12.8. The Hall–Kier alpha value is -2.48. The molecule has 2 aromatic rings. The van der Waals surface area contributed by atoms with Crippen molar-refractivity contribution in [1.29, 1.82) is 0 Å². The number of aliphatic imine (C=N–C) groups is 1. The number of halogens is 3. The summed E-state index contributed by atoms with van der Waals surface area (Å²) in [5.41, 5.74) is 11.9. The van der Waals surface area contributed by atoms with Gasteiger partial charge in [0.05, 0.1) is 11.1 Å². The zero-order valence-corrected chi connectivity index (χ0v) is 10.7. The Kier molecular flexibility index (Phi) is 2.74. The summed E-state index contributed by atoms with van der Waals surface area (Å²) in [6.07, 6.45) is -2.81. The van der Waals surface area contributed by atoms with Crippen LogP contribution in [0.15, 0.2) is 41.5 Å². The van der Waals surface area contributed by atoms with E-state index in [1.807, 2.05) is 0 Å². The number of alkyl halides is 3. The van der Waals surface area contributed by atoms with Gasteiger partial charge in [0.2, 0.25) is 5.79 Å². The predicted molar refractivity (Wildman–Crippen MR) is 72.4 cm³/mol. The number of hydrogen-bond donors (Lipinski definition) is 4. The van der Waals surface area contributed by atoms with Crippen LogP contribution in [0.4, 0.5) is 19.0 Å². The summed E-state index contributed by atoms with van der Waals surface area (Å²) in [5, 5.41) is 2.87. The molecule has 0 amide bonds. The average molecular weight is 295 g/mol. The molecule has 0 aliphatic carbocycles. The Balaban J connectivity index is 2.07. The number of fused-ring (bicyclic) bond motifs is 1. The number of aromatic amines is 1. The average Bonchev–Trinajstić information content (AvgIpc) is 2.86. The number of rotatable bonds is 1. The Morgan fingerprint density at radius 1 is 1.19 bits per heavy atom. The number of nitrogens with zero attached hydrogens (tertiary/aromatic N) is 1. The van der Waals surface area contributed by atoms with Crippen molar-refractivity contribution in [3.8, 4) is 0 Å². The molecular formula is C13H12F3N5. The lowest BCUT2D eigenvalue weighted by molar-refractivity contribution is -0.137. The number of benzene rings is 1. The van der Waals surface area contributed by atoms with E-state index in [0.717, 1.165) is 12.1 Å². The molecule has 0 saturated carbocycles. The first-order chi connectivity index (χ1) is 9.79. The fraction of sp³-hybridized carbons (Fsp3) is 0.154. The summed E-state index contributed by atoms with van der Waals surface area (Å²) in [7, 11) is 0. The van der Waals surface area contributed by atoms with Crippen molar-refractivity contribution in [1.82, 2.24) is 4.98 Å². The van der Waals surface area contributed by atoms with Gasteiger partial charge in [-0.1, -0.05) is 12.1 Å². The molecule has 3 rings (SSSR count). The number of nitrogens with one attached hydrogen (secondary N) is 2. The Labute approximate surface area is 117 Å². The highest BCUT2D eigenvalue weighted by atomic mass is 19.4. The predicted octanol–water partition coefficient (Wildman–Crippen LogP) is 1.93. The van der Waals surface area contributed by atoms with E-state index in [1.54, 1.807) is 12.3 Å². The van der Waals surface area contributed by atoms with Crippen LogP contribution < -0.4 is 16.8 Å². The van der Waals surface area contributed by atoms with E-state index in [2.05, 4.69) is 15.3 Å². The SMILES string of the molecule is NC1=NC(N)(c2cccc(C(F)(F)F)c2)Nc2[nH]ccc21. The van der Waals surface area contributed by atoms with Crippen LogP contribution in [0.5, 0.6) is 0 Å². The third-order valence-electron chi connectivity index (χ3n) is 3.27. The third-order valence-corrected chi connectivity index (χ3v) is 3.27. The fourth-order valence-electron chi connectivity index (χ4n) is 2.22. The number of anilines is 1. The van der Waals surface area contributed by atoms with Crippen molar-refractivity contribution in [3.63, 3.8) is 0 Å². The normalized spacial score (nSPS) is 21.4. The second-order valence-electron chi connectivity index (χ2n) is 4.73. The van der Waals surface area contributed by atoms with E-state index in [-0.39, 0.29) is 11.4 Å². The van der Waals surface area contributed by atoms with Crippen LogP contribution in [0.3, 0.4) is 0 Å². The quantitative estimate of drug-likeness (QED) is 0.648. The van der Waals surface area contributed by atoms with E-state index in [9.17, 15) is 13.2 Å². The molecular weight excluding hydrogens is 283 g/mol. The van der Waals surface area contributed by atoms with E-state index >= 15 is 0 Å². The molecule has 6 N–H and O–H groups in total. The summed E-state index contributed by atoms with van der Waals surface area (Å²) in [6.45, 7) is 0. The molecule has 110 valence electrons. The largest absolute Gasteiger partial charge is 0.416 e. The van der Waals surface area contributed by atoms with Gasteiger partial charge in [-0.2, -0.15) is 13.2 Å². The van der Waals surface area contributed by atoms with Gasteiger partial charge in [0.25, 0.3) is 0 Å². The Morgan fingerprint density at radius 3 is 2.67 bits per heavy atom. The van der Waals surface area contributed by atoms with Crippen LogP contribution in [0.2, 0.25) is 0 Å². The molecule has 1 aromatic carbocycles. The van der Waals surface area contributed by atoms with Gasteiger partial charge in [0, 0.05) is 11.8 Å². The van der Waals surface area contributed by atoms with Gasteiger partial charge in [0.15, 0.2) is 0 Å². The molecule has 0 bridgehead atoms. The molecule has 1 aliphatic heterocycles. The highest BCUT2D eigenvalue weighted by Gasteiger charge is 2.36. The highest BCUT2D eigenvalue weighted by Crippen LogP contribution is 2.34. The zero-order valence-electron chi connectivity index (χ0n) is 10.7. The van der Waals surface area contributed by atoms with Crippen LogP contribution >= 0.6 is 0 Å². The lowest BCUT2D eigenvalue weighted by atomic mass is 10.0.